The van der Waals surface area contributed by atoms with Gasteiger partial charge >= 0.3 is 0 Å². The third-order valence-electron chi connectivity index (χ3n) is 9.31. The lowest BCUT2D eigenvalue weighted by Gasteiger charge is -2.36. The Hall–Kier alpha value is -4.81. The Kier molecular flexibility index (Phi) is 9.98. The minimum Gasteiger partial charge on any atom is -0.493 e. The van der Waals surface area contributed by atoms with Crippen molar-refractivity contribution in [1.29, 1.82) is 0 Å². The van der Waals surface area contributed by atoms with Gasteiger partial charge in [0.05, 0.1) is 24.9 Å². The van der Waals surface area contributed by atoms with Gasteiger partial charge in [0, 0.05) is 68.2 Å². The minimum absolute atomic E-state index is 0.104. The first kappa shape index (κ1) is 34.1. The van der Waals surface area contributed by atoms with Crippen molar-refractivity contribution in [2.24, 2.45) is 11.1 Å². The molecule has 2 heterocycles. The van der Waals surface area contributed by atoms with Crippen LogP contribution in [0.4, 0.5) is 20.2 Å². The summed E-state index contributed by atoms with van der Waals surface area (Å²) in [4.78, 5) is 36.4. The summed E-state index contributed by atoms with van der Waals surface area (Å²) in [5.41, 5.74) is 5.16. The molecule has 1 saturated heterocycles. The van der Waals surface area contributed by atoms with Gasteiger partial charge in [0.1, 0.15) is 17.0 Å². The fraction of sp³-hybridized carbons (Fsp3) is 0.378. The number of pyridine rings is 1. The molecule has 1 aliphatic carbocycles. The number of carbonyl (C=O) groups is 2. The molecule has 2 amide bonds. The zero-order valence-electron chi connectivity index (χ0n) is 28.0. The lowest BCUT2D eigenvalue weighted by molar-refractivity contribution is -0.133. The Bertz CT molecular complexity index is 1820. The van der Waals surface area contributed by atoms with Crippen LogP contribution in [0.25, 0.3) is 10.9 Å². The third kappa shape index (κ3) is 7.30. The van der Waals surface area contributed by atoms with Crippen LogP contribution < -0.4 is 24.8 Å². The second-order valence-electron chi connectivity index (χ2n) is 12.8. The zero-order valence-corrected chi connectivity index (χ0v) is 28.0. The van der Waals surface area contributed by atoms with E-state index in [1.165, 1.54) is 41.3 Å². The van der Waals surface area contributed by atoms with E-state index in [0.29, 0.717) is 40.8 Å². The summed E-state index contributed by atoms with van der Waals surface area (Å²) < 4.78 is 47.2. The van der Waals surface area contributed by atoms with Crippen LogP contribution >= 0.6 is 0 Å². The smallest absolute Gasteiger partial charge is 0.247 e. The van der Waals surface area contributed by atoms with E-state index in [0.717, 1.165) is 45.2 Å². The first-order valence-corrected chi connectivity index (χ1v) is 16.5. The molecule has 1 aliphatic heterocycles. The number of aromatic nitrogens is 1. The first-order valence-electron chi connectivity index (χ1n) is 16.5. The summed E-state index contributed by atoms with van der Waals surface area (Å²) in [5, 5.41) is 0.582. The normalized spacial score (nSPS) is 16.0. The van der Waals surface area contributed by atoms with Crippen molar-refractivity contribution in [3.8, 4) is 23.0 Å². The Morgan fingerprint density at radius 1 is 0.918 bits per heavy atom. The molecule has 0 atom stereocenters. The predicted molar refractivity (Wildman–Crippen MR) is 182 cm³/mol. The fourth-order valence-electron chi connectivity index (χ4n) is 6.17. The molecule has 258 valence electrons. The fourth-order valence-corrected chi connectivity index (χ4v) is 6.17. The minimum atomic E-state index is -1.39. The van der Waals surface area contributed by atoms with E-state index in [1.807, 2.05) is 0 Å². The summed E-state index contributed by atoms with van der Waals surface area (Å²) in [5.74, 6) is -1.36. The van der Waals surface area contributed by atoms with E-state index in [2.05, 4.69) is 28.6 Å². The number of piperazine rings is 1. The van der Waals surface area contributed by atoms with Crippen molar-refractivity contribution in [1.82, 2.24) is 14.8 Å². The molecule has 2 fully saturated rings. The maximum absolute atomic E-state index is 15.7. The molecule has 49 heavy (non-hydrogen) atoms. The van der Waals surface area contributed by atoms with Crippen molar-refractivity contribution in [3.63, 3.8) is 0 Å². The second kappa shape index (κ2) is 14.4. The molecular formula is C37H41F2N5O5. The van der Waals surface area contributed by atoms with Crippen molar-refractivity contribution >= 4 is 34.1 Å². The van der Waals surface area contributed by atoms with Gasteiger partial charge in [-0.3, -0.25) is 24.4 Å². The van der Waals surface area contributed by atoms with Gasteiger partial charge in [-0.05, 0) is 81.6 Å². The summed E-state index contributed by atoms with van der Waals surface area (Å²) >= 11 is 0. The topological polar surface area (TPSA) is 110 Å². The maximum Gasteiger partial charge on any atom is 0.247 e. The van der Waals surface area contributed by atoms with Crippen molar-refractivity contribution < 1.29 is 32.6 Å². The molecule has 0 radical (unpaired) electrons. The van der Waals surface area contributed by atoms with Gasteiger partial charge in [-0.25, -0.2) is 8.78 Å². The number of hydrogen-bond donors (Lipinski definition) is 1. The molecule has 0 spiro atoms. The highest BCUT2D eigenvalue weighted by Gasteiger charge is 2.57. The van der Waals surface area contributed by atoms with Crippen LogP contribution in [0.2, 0.25) is 0 Å². The number of rotatable bonds is 13. The van der Waals surface area contributed by atoms with E-state index >= 15 is 4.39 Å². The summed E-state index contributed by atoms with van der Waals surface area (Å²) in [7, 11) is 1.55. The van der Waals surface area contributed by atoms with E-state index in [9.17, 15) is 14.0 Å². The van der Waals surface area contributed by atoms with Gasteiger partial charge in [-0.15, -0.1) is 0 Å². The Morgan fingerprint density at radius 2 is 1.63 bits per heavy atom. The van der Waals surface area contributed by atoms with Gasteiger partial charge in [0.15, 0.2) is 23.1 Å². The molecule has 4 aromatic rings. The molecule has 10 nitrogen and oxygen atoms in total. The largest absolute Gasteiger partial charge is 0.493 e. The predicted octanol–water partition coefficient (Wildman–Crippen LogP) is 6.04. The summed E-state index contributed by atoms with van der Waals surface area (Å²) in [6.45, 7) is 10.2. The SMILES string of the molecule is COc1cc2c(Oc3ccc(N(C(=O)C4(C(N)=O)CC4)c4ccc(F)cc4)cc3F)ccnc2cc1OCCCN1CCN(C(C)C)CC1. The van der Waals surface area contributed by atoms with Crippen molar-refractivity contribution in [2.45, 2.75) is 39.2 Å². The average Bonchev–Trinajstić information content (AvgIpc) is 3.91. The van der Waals surface area contributed by atoms with Crippen molar-refractivity contribution in [3.05, 3.63) is 78.5 Å². The Morgan fingerprint density at radius 3 is 2.27 bits per heavy atom. The number of methoxy groups -OCH3 is 1. The van der Waals surface area contributed by atoms with Crippen LogP contribution in [-0.4, -0.2) is 79.1 Å². The number of nitrogens with zero attached hydrogens (tertiary/aromatic N) is 4. The van der Waals surface area contributed by atoms with Gasteiger partial charge in [0.25, 0.3) is 0 Å². The van der Waals surface area contributed by atoms with E-state index < -0.39 is 28.9 Å². The first-order chi connectivity index (χ1) is 23.6. The number of nitrogens with two attached hydrogens (primary N) is 1. The van der Waals surface area contributed by atoms with E-state index in [4.69, 9.17) is 19.9 Å². The quantitative estimate of drug-likeness (QED) is 0.135. The van der Waals surface area contributed by atoms with Crippen molar-refractivity contribution in [2.75, 3.05) is 51.3 Å². The highest BCUT2D eigenvalue weighted by molar-refractivity contribution is 6.16. The Labute approximate surface area is 284 Å². The standard InChI is InChI=1S/C37H41F2N5O5/c1-24(2)43-18-16-42(17-19-43)15-4-20-48-34-23-30-28(22-33(34)47-3)31(11-14-41-30)49-32-10-9-27(21-29(32)39)44(26-7-5-25(38)6-8-26)36(46)37(12-13-37)35(40)45/h5-11,14,21-24H,4,12-13,15-20H2,1-3H3,(H2,40,45). The molecule has 1 aromatic heterocycles. The molecule has 0 unspecified atom stereocenters. The number of hydrogen-bond acceptors (Lipinski definition) is 8. The van der Waals surface area contributed by atoms with Gasteiger partial charge in [-0.1, -0.05) is 0 Å². The highest BCUT2D eigenvalue weighted by atomic mass is 19.1. The molecule has 12 heteroatoms. The third-order valence-corrected chi connectivity index (χ3v) is 9.31. The van der Waals surface area contributed by atoms with Crippen LogP contribution in [0.1, 0.15) is 33.1 Å². The zero-order chi connectivity index (χ0) is 34.7. The lowest BCUT2D eigenvalue weighted by Crippen LogP contribution is -2.49. The van der Waals surface area contributed by atoms with Crippen LogP contribution in [0.5, 0.6) is 23.0 Å². The molecule has 0 bridgehead atoms. The number of carbonyl (C=O) groups excluding carboxylic acids is 2. The molecular weight excluding hydrogens is 632 g/mol. The monoisotopic (exact) mass is 673 g/mol. The maximum atomic E-state index is 15.7. The molecule has 2 N–H and O–H groups in total. The molecule has 1 saturated carbocycles. The number of fused-ring (bicyclic) bond motifs is 1. The van der Waals surface area contributed by atoms with Crippen LogP contribution in [-0.2, 0) is 9.59 Å². The van der Waals surface area contributed by atoms with Crippen LogP contribution in [0, 0.1) is 17.0 Å². The number of amides is 2. The summed E-state index contributed by atoms with van der Waals surface area (Å²) in [6.07, 6.45) is 2.99. The van der Waals surface area contributed by atoms with Crippen LogP contribution in [0.3, 0.4) is 0 Å². The lowest BCUT2D eigenvalue weighted by atomic mass is 10.0. The second-order valence-corrected chi connectivity index (χ2v) is 12.8. The Balaban J connectivity index is 1.18. The van der Waals surface area contributed by atoms with E-state index in [-0.39, 0.29) is 30.0 Å². The van der Waals surface area contributed by atoms with Gasteiger partial charge in [0.2, 0.25) is 11.8 Å². The number of anilines is 2. The molecule has 3 aromatic carbocycles. The summed E-state index contributed by atoms with van der Waals surface area (Å²) in [6, 6.07) is 14.9. The number of halogens is 2. The average molecular weight is 674 g/mol. The van der Waals surface area contributed by atoms with Gasteiger partial charge in [-0.2, -0.15) is 0 Å². The molecule has 2 aliphatic rings. The van der Waals surface area contributed by atoms with Crippen LogP contribution in [0.15, 0.2) is 66.9 Å². The number of primary amides is 1. The van der Waals surface area contributed by atoms with E-state index in [1.54, 1.807) is 31.5 Å². The number of ether oxygens (including phenoxy) is 3. The van der Waals surface area contributed by atoms with Gasteiger partial charge < -0.3 is 24.8 Å². The highest BCUT2D eigenvalue weighted by Crippen LogP contribution is 2.49. The molecule has 6 rings (SSSR count). The number of benzene rings is 3.